The second-order valence-electron chi connectivity index (χ2n) is 7.74. The highest BCUT2D eigenvalue weighted by atomic mass is 32.1. The number of nitrogens with one attached hydrogen (secondary N) is 1. The van der Waals surface area contributed by atoms with Crippen molar-refractivity contribution in [3.63, 3.8) is 0 Å². The Morgan fingerprint density at radius 1 is 1.33 bits per heavy atom. The van der Waals surface area contributed by atoms with Crippen molar-refractivity contribution in [1.29, 1.82) is 0 Å². The second kappa shape index (κ2) is 8.60. The summed E-state index contributed by atoms with van der Waals surface area (Å²) in [6.07, 6.45) is 0.738. The van der Waals surface area contributed by atoms with Crippen molar-refractivity contribution in [2.45, 2.75) is 59.9 Å². The molecule has 0 aliphatic rings. The molecule has 8 nitrogen and oxygen atoms in total. The number of anilines is 1. The summed E-state index contributed by atoms with van der Waals surface area (Å²) >= 11 is 1.33. The van der Waals surface area contributed by atoms with Crippen molar-refractivity contribution in [2.75, 3.05) is 11.9 Å². The van der Waals surface area contributed by atoms with E-state index in [2.05, 4.69) is 34.7 Å². The molecule has 0 atom stereocenters. The van der Waals surface area contributed by atoms with E-state index in [9.17, 15) is 9.59 Å². The number of thiophene rings is 1. The van der Waals surface area contributed by atoms with Crippen LogP contribution in [0.15, 0.2) is 5.38 Å². The first-order valence-electron chi connectivity index (χ1n) is 8.97. The molecule has 9 heteroatoms. The summed E-state index contributed by atoms with van der Waals surface area (Å²) in [5.41, 5.74) is 1.05. The molecular formula is C18H27N5O3S. The normalized spacial score (nSPS) is 11.7. The van der Waals surface area contributed by atoms with Crippen LogP contribution in [0.4, 0.5) is 5.00 Å². The van der Waals surface area contributed by atoms with Crippen molar-refractivity contribution in [3.8, 4) is 0 Å². The molecule has 0 radical (unpaired) electrons. The van der Waals surface area contributed by atoms with Crippen molar-refractivity contribution >= 4 is 28.2 Å². The summed E-state index contributed by atoms with van der Waals surface area (Å²) < 4.78 is 6.65. The maximum absolute atomic E-state index is 12.6. The largest absolute Gasteiger partial charge is 0.462 e. The highest BCUT2D eigenvalue weighted by Crippen LogP contribution is 2.31. The van der Waals surface area contributed by atoms with Gasteiger partial charge < -0.3 is 10.1 Å². The lowest BCUT2D eigenvalue weighted by Gasteiger charge is -2.16. The zero-order valence-electron chi connectivity index (χ0n) is 16.7. The number of carbonyl (C=O) groups is 2. The minimum Gasteiger partial charge on any atom is -0.462 e. The lowest BCUT2D eigenvalue weighted by atomic mass is 9.96. The Morgan fingerprint density at radius 2 is 2.04 bits per heavy atom. The van der Waals surface area contributed by atoms with E-state index < -0.39 is 5.97 Å². The van der Waals surface area contributed by atoms with E-state index in [1.165, 1.54) is 16.0 Å². The summed E-state index contributed by atoms with van der Waals surface area (Å²) in [7, 11) is 0. The molecule has 0 bridgehead atoms. The van der Waals surface area contributed by atoms with E-state index in [0.717, 1.165) is 12.0 Å². The van der Waals surface area contributed by atoms with Crippen LogP contribution in [0.2, 0.25) is 0 Å². The molecule has 0 spiro atoms. The van der Waals surface area contributed by atoms with E-state index in [0.29, 0.717) is 22.3 Å². The number of tetrazole rings is 1. The average molecular weight is 394 g/mol. The zero-order valence-corrected chi connectivity index (χ0v) is 17.5. The number of carbonyl (C=O) groups excluding carboxylic acids is 2. The van der Waals surface area contributed by atoms with Crippen LogP contribution >= 0.6 is 11.3 Å². The molecule has 0 saturated heterocycles. The van der Waals surface area contributed by atoms with Crippen LogP contribution in [0.3, 0.4) is 0 Å². The predicted molar refractivity (Wildman–Crippen MR) is 104 cm³/mol. The van der Waals surface area contributed by atoms with Crippen LogP contribution in [-0.4, -0.2) is 38.7 Å². The highest BCUT2D eigenvalue weighted by Gasteiger charge is 2.25. The molecule has 27 heavy (non-hydrogen) atoms. The third kappa shape index (κ3) is 5.35. The van der Waals surface area contributed by atoms with Crippen LogP contribution in [0.25, 0.3) is 0 Å². The molecule has 2 heterocycles. The summed E-state index contributed by atoms with van der Waals surface area (Å²) in [5, 5.41) is 16.8. The summed E-state index contributed by atoms with van der Waals surface area (Å²) in [6, 6.07) is 0. The molecule has 2 aromatic rings. The fraction of sp³-hybridized carbons (Fsp3) is 0.611. The van der Waals surface area contributed by atoms with Gasteiger partial charge in [0, 0.05) is 5.41 Å². The van der Waals surface area contributed by atoms with Crippen LogP contribution in [-0.2, 0) is 27.9 Å². The van der Waals surface area contributed by atoms with Crippen molar-refractivity contribution in [2.24, 2.45) is 5.92 Å². The molecule has 0 unspecified atom stereocenters. The van der Waals surface area contributed by atoms with E-state index in [1.54, 1.807) is 6.92 Å². The first kappa shape index (κ1) is 21.0. The standard InChI is InChI=1S/C18H27N5O3S/c1-7-26-16(25)14-12(8-11(2)3)10-27-15(14)19-13(24)9-23-17(18(4,5)6)20-21-22-23/h10-11H,7-9H2,1-6H3,(H,19,24). The van der Waals surface area contributed by atoms with Crippen LogP contribution in [0, 0.1) is 5.92 Å². The molecule has 1 N–H and O–H groups in total. The average Bonchev–Trinajstić information content (AvgIpc) is 3.14. The van der Waals surface area contributed by atoms with Crippen LogP contribution in [0.1, 0.15) is 63.3 Å². The van der Waals surface area contributed by atoms with Crippen molar-refractivity contribution < 1.29 is 14.3 Å². The molecule has 0 fully saturated rings. The molecule has 0 aromatic carbocycles. The molecule has 0 saturated carbocycles. The van der Waals surface area contributed by atoms with E-state index in [-0.39, 0.29) is 24.5 Å². The van der Waals surface area contributed by atoms with Gasteiger partial charge in [-0.3, -0.25) is 4.79 Å². The highest BCUT2D eigenvalue weighted by molar-refractivity contribution is 7.15. The van der Waals surface area contributed by atoms with E-state index in [1.807, 2.05) is 26.2 Å². The molecule has 0 aliphatic heterocycles. The van der Waals surface area contributed by atoms with Gasteiger partial charge >= 0.3 is 5.97 Å². The fourth-order valence-corrected chi connectivity index (χ4v) is 3.63. The van der Waals surface area contributed by atoms with Crippen LogP contribution < -0.4 is 5.32 Å². The number of hydrogen-bond acceptors (Lipinski definition) is 7. The third-order valence-electron chi connectivity index (χ3n) is 3.72. The van der Waals surface area contributed by atoms with Gasteiger partial charge in [0.25, 0.3) is 0 Å². The topological polar surface area (TPSA) is 99.0 Å². The lowest BCUT2D eigenvalue weighted by Crippen LogP contribution is -2.26. The van der Waals surface area contributed by atoms with E-state index in [4.69, 9.17) is 4.74 Å². The van der Waals surface area contributed by atoms with Gasteiger partial charge in [-0.15, -0.1) is 16.4 Å². The van der Waals surface area contributed by atoms with Gasteiger partial charge in [-0.1, -0.05) is 34.6 Å². The number of hydrogen-bond donors (Lipinski definition) is 1. The molecular weight excluding hydrogens is 366 g/mol. The Kier molecular flexibility index (Phi) is 6.69. The van der Waals surface area contributed by atoms with Crippen molar-refractivity contribution in [3.05, 3.63) is 22.3 Å². The second-order valence-corrected chi connectivity index (χ2v) is 8.62. The molecule has 2 rings (SSSR count). The summed E-state index contributed by atoms with van der Waals surface area (Å²) in [4.78, 5) is 25.0. The monoisotopic (exact) mass is 393 g/mol. The number of rotatable bonds is 7. The Bertz CT molecular complexity index is 804. The van der Waals surface area contributed by atoms with E-state index >= 15 is 0 Å². The first-order chi connectivity index (χ1) is 12.6. The number of ether oxygens (including phenoxy) is 1. The molecule has 1 amide bonds. The zero-order chi connectivity index (χ0) is 20.2. The summed E-state index contributed by atoms with van der Waals surface area (Å²) in [5.74, 6) is 0.292. The smallest absolute Gasteiger partial charge is 0.341 e. The summed E-state index contributed by atoms with van der Waals surface area (Å²) in [6.45, 7) is 12.1. The minimum atomic E-state index is -0.414. The van der Waals surface area contributed by atoms with Crippen LogP contribution in [0.5, 0.6) is 0 Å². The van der Waals surface area contributed by atoms with Gasteiger partial charge in [-0.05, 0) is 40.6 Å². The maximum atomic E-state index is 12.6. The minimum absolute atomic E-state index is 0.0285. The number of nitrogens with zero attached hydrogens (tertiary/aromatic N) is 4. The SMILES string of the molecule is CCOC(=O)c1c(CC(C)C)csc1NC(=O)Cn1nnnc1C(C)(C)C. The molecule has 0 aliphatic carbocycles. The van der Waals surface area contributed by atoms with Gasteiger partial charge in [-0.25, -0.2) is 9.48 Å². The van der Waals surface area contributed by atoms with Gasteiger partial charge in [0.2, 0.25) is 5.91 Å². The quantitative estimate of drug-likeness (QED) is 0.726. The fourth-order valence-electron chi connectivity index (χ4n) is 2.65. The molecule has 2 aromatic heterocycles. The lowest BCUT2D eigenvalue weighted by molar-refractivity contribution is -0.117. The van der Waals surface area contributed by atoms with Gasteiger partial charge in [0.1, 0.15) is 11.5 Å². The Morgan fingerprint density at radius 3 is 2.63 bits per heavy atom. The van der Waals surface area contributed by atoms with Crippen molar-refractivity contribution in [1.82, 2.24) is 20.2 Å². The Balaban J connectivity index is 2.21. The number of aromatic nitrogens is 4. The first-order valence-corrected chi connectivity index (χ1v) is 9.85. The Hall–Kier alpha value is -2.29. The third-order valence-corrected chi connectivity index (χ3v) is 4.67. The predicted octanol–water partition coefficient (Wildman–Crippen LogP) is 3.05. The van der Waals surface area contributed by atoms with Gasteiger partial charge in [0.05, 0.1) is 12.2 Å². The number of amides is 1. The van der Waals surface area contributed by atoms with Gasteiger partial charge in [-0.2, -0.15) is 0 Å². The molecule has 148 valence electrons. The maximum Gasteiger partial charge on any atom is 0.341 e. The number of esters is 1. The van der Waals surface area contributed by atoms with Gasteiger partial charge in [0.15, 0.2) is 5.82 Å². The Labute approximate surface area is 163 Å².